The van der Waals surface area contributed by atoms with Gasteiger partial charge in [-0.3, -0.25) is 24.6 Å². The predicted octanol–water partition coefficient (Wildman–Crippen LogP) is 2.96. The highest BCUT2D eigenvalue weighted by Gasteiger charge is 2.41. The van der Waals surface area contributed by atoms with Crippen LogP contribution in [-0.4, -0.2) is 46.2 Å². The van der Waals surface area contributed by atoms with E-state index in [2.05, 4.69) is 6.92 Å². The molecule has 0 spiro atoms. The molecular formula is C19H23N3O4. The Hall–Kier alpha value is -2.70. The molecule has 2 aliphatic rings. The van der Waals surface area contributed by atoms with Crippen molar-refractivity contribution in [1.82, 2.24) is 9.80 Å². The third-order valence-corrected chi connectivity index (χ3v) is 4.92. The second-order valence-corrected chi connectivity index (χ2v) is 6.69. The number of unbranched alkanes of at least 4 members (excludes halogenated alkanes) is 2. The van der Waals surface area contributed by atoms with E-state index >= 15 is 0 Å². The van der Waals surface area contributed by atoms with Gasteiger partial charge in [0.1, 0.15) is 5.70 Å². The fraction of sp³-hybridized carbons (Fsp3) is 0.474. The standard InChI is InChI=1S/C19H23N3O4/c1-2-3-4-13-21-18(23)16(14-7-9-15(10-8-14)22(25)26)17(19(21)24)20-11-5-6-12-20/h7-10H,2-6,11-13H2,1H3. The molecule has 0 aromatic heterocycles. The van der Waals surface area contributed by atoms with Crippen molar-refractivity contribution in [3.05, 3.63) is 45.6 Å². The van der Waals surface area contributed by atoms with Crippen LogP contribution >= 0.6 is 0 Å². The van der Waals surface area contributed by atoms with E-state index in [1.807, 2.05) is 4.90 Å². The topological polar surface area (TPSA) is 83.8 Å². The maximum absolute atomic E-state index is 13.0. The van der Waals surface area contributed by atoms with E-state index in [9.17, 15) is 19.7 Å². The summed E-state index contributed by atoms with van der Waals surface area (Å²) in [5, 5.41) is 10.9. The molecule has 2 heterocycles. The van der Waals surface area contributed by atoms with Gasteiger partial charge in [0, 0.05) is 31.8 Å². The summed E-state index contributed by atoms with van der Waals surface area (Å²) < 4.78 is 0. The maximum Gasteiger partial charge on any atom is 0.277 e. The van der Waals surface area contributed by atoms with Crippen LogP contribution in [0.4, 0.5) is 5.69 Å². The third kappa shape index (κ3) is 3.34. The average Bonchev–Trinajstić information content (AvgIpc) is 3.23. The number of hydrogen-bond acceptors (Lipinski definition) is 5. The zero-order chi connectivity index (χ0) is 18.7. The van der Waals surface area contributed by atoms with Crippen LogP contribution in [0.1, 0.15) is 44.6 Å². The lowest BCUT2D eigenvalue weighted by molar-refractivity contribution is -0.384. The maximum atomic E-state index is 13.0. The van der Waals surface area contributed by atoms with Crippen molar-refractivity contribution in [2.75, 3.05) is 19.6 Å². The highest BCUT2D eigenvalue weighted by atomic mass is 16.6. The van der Waals surface area contributed by atoms with E-state index in [0.29, 0.717) is 23.4 Å². The number of carbonyl (C=O) groups is 2. The SMILES string of the molecule is CCCCCN1C(=O)C(c2ccc([N+](=O)[O-])cc2)=C(N2CCCC2)C1=O. The molecule has 2 aliphatic heterocycles. The van der Waals surface area contributed by atoms with Crippen molar-refractivity contribution in [2.24, 2.45) is 0 Å². The second-order valence-electron chi connectivity index (χ2n) is 6.69. The Morgan fingerprint density at radius 1 is 1.04 bits per heavy atom. The number of non-ortho nitro benzene ring substituents is 1. The monoisotopic (exact) mass is 357 g/mol. The van der Waals surface area contributed by atoms with Crippen LogP contribution in [-0.2, 0) is 9.59 Å². The fourth-order valence-corrected chi connectivity index (χ4v) is 3.53. The molecule has 0 unspecified atom stereocenters. The summed E-state index contributed by atoms with van der Waals surface area (Å²) in [5.41, 5.74) is 1.36. The lowest BCUT2D eigenvalue weighted by Crippen LogP contribution is -2.35. The van der Waals surface area contributed by atoms with Crippen LogP contribution in [0.15, 0.2) is 30.0 Å². The van der Waals surface area contributed by atoms with Crippen LogP contribution < -0.4 is 0 Å². The number of nitrogens with zero attached hydrogens (tertiary/aromatic N) is 3. The molecule has 0 atom stereocenters. The molecule has 1 saturated heterocycles. The number of nitro benzene ring substituents is 1. The molecule has 3 rings (SSSR count). The Morgan fingerprint density at radius 3 is 2.27 bits per heavy atom. The molecule has 0 radical (unpaired) electrons. The summed E-state index contributed by atoms with van der Waals surface area (Å²) in [6.07, 6.45) is 4.75. The number of hydrogen-bond donors (Lipinski definition) is 0. The van der Waals surface area contributed by atoms with Gasteiger partial charge in [0.25, 0.3) is 17.5 Å². The van der Waals surface area contributed by atoms with Gasteiger partial charge < -0.3 is 4.90 Å². The summed E-state index contributed by atoms with van der Waals surface area (Å²) >= 11 is 0. The highest BCUT2D eigenvalue weighted by molar-refractivity contribution is 6.35. The lowest BCUT2D eigenvalue weighted by atomic mass is 10.0. The van der Waals surface area contributed by atoms with E-state index in [-0.39, 0.29) is 17.5 Å². The van der Waals surface area contributed by atoms with Crippen LogP contribution in [0, 0.1) is 10.1 Å². The largest absolute Gasteiger partial charge is 0.366 e. The second kappa shape index (κ2) is 7.68. The number of amides is 2. The van der Waals surface area contributed by atoms with Crippen LogP contribution in [0.25, 0.3) is 5.57 Å². The Balaban J connectivity index is 1.96. The number of nitro groups is 1. The highest BCUT2D eigenvalue weighted by Crippen LogP contribution is 2.34. The van der Waals surface area contributed by atoms with E-state index in [1.54, 1.807) is 12.1 Å². The van der Waals surface area contributed by atoms with E-state index in [1.165, 1.54) is 17.0 Å². The summed E-state index contributed by atoms with van der Waals surface area (Å²) in [6, 6.07) is 5.87. The Morgan fingerprint density at radius 2 is 1.69 bits per heavy atom. The average molecular weight is 357 g/mol. The molecule has 0 bridgehead atoms. The van der Waals surface area contributed by atoms with Gasteiger partial charge in [-0.2, -0.15) is 0 Å². The van der Waals surface area contributed by atoms with Crippen molar-refractivity contribution < 1.29 is 14.5 Å². The van der Waals surface area contributed by atoms with Crippen molar-refractivity contribution in [3.8, 4) is 0 Å². The van der Waals surface area contributed by atoms with E-state index in [4.69, 9.17) is 0 Å². The van der Waals surface area contributed by atoms with Gasteiger partial charge in [0.05, 0.1) is 10.5 Å². The first kappa shape index (κ1) is 18.1. The molecular weight excluding hydrogens is 334 g/mol. The summed E-state index contributed by atoms with van der Waals surface area (Å²) in [7, 11) is 0. The van der Waals surface area contributed by atoms with E-state index in [0.717, 1.165) is 45.2 Å². The van der Waals surface area contributed by atoms with Gasteiger partial charge in [0.2, 0.25) is 0 Å². The number of benzene rings is 1. The summed E-state index contributed by atoms with van der Waals surface area (Å²) in [4.78, 5) is 39.7. The molecule has 0 saturated carbocycles. The molecule has 1 aromatic carbocycles. The summed E-state index contributed by atoms with van der Waals surface area (Å²) in [6.45, 7) is 4.00. The first-order valence-electron chi connectivity index (χ1n) is 9.14. The third-order valence-electron chi connectivity index (χ3n) is 4.92. The minimum Gasteiger partial charge on any atom is -0.366 e. The van der Waals surface area contributed by atoms with Gasteiger partial charge in [-0.1, -0.05) is 19.8 Å². The molecule has 0 N–H and O–H groups in total. The first-order valence-corrected chi connectivity index (χ1v) is 9.14. The number of rotatable bonds is 7. The number of imide groups is 1. The Labute approximate surface area is 152 Å². The first-order chi connectivity index (χ1) is 12.5. The molecule has 1 aromatic rings. The van der Waals surface area contributed by atoms with Gasteiger partial charge >= 0.3 is 0 Å². The summed E-state index contributed by atoms with van der Waals surface area (Å²) in [5.74, 6) is -0.525. The number of likely N-dealkylation sites (tertiary alicyclic amines) is 1. The van der Waals surface area contributed by atoms with Crippen LogP contribution in [0.3, 0.4) is 0 Å². The van der Waals surface area contributed by atoms with Crippen LogP contribution in [0.5, 0.6) is 0 Å². The predicted molar refractivity (Wildman–Crippen MR) is 97.1 cm³/mol. The quantitative estimate of drug-likeness (QED) is 0.324. The zero-order valence-corrected chi connectivity index (χ0v) is 14.9. The minimum atomic E-state index is -0.474. The molecule has 2 amide bonds. The molecule has 138 valence electrons. The lowest BCUT2D eigenvalue weighted by Gasteiger charge is -2.20. The molecule has 7 nitrogen and oxygen atoms in total. The van der Waals surface area contributed by atoms with Gasteiger partial charge in [-0.05, 0) is 37.0 Å². The van der Waals surface area contributed by atoms with Gasteiger partial charge in [-0.15, -0.1) is 0 Å². The molecule has 0 aliphatic carbocycles. The van der Waals surface area contributed by atoms with Crippen molar-refractivity contribution in [1.29, 1.82) is 0 Å². The molecule has 1 fully saturated rings. The number of carbonyl (C=O) groups excluding carboxylic acids is 2. The van der Waals surface area contributed by atoms with Gasteiger partial charge in [0.15, 0.2) is 0 Å². The Bertz CT molecular complexity index is 749. The van der Waals surface area contributed by atoms with Gasteiger partial charge in [-0.25, -0.2) is 0 Å². The van der Waals surface area contributed by atoms with Crippen molar-refractivity contribution in [2.45, 2.75) is 39.0 Å². The zero-order valence-electron chi connectivity index (χ0n) is 14.9. The van der Waals surface area contributed by atoms with Crippen LogP contribution in [0.2, 0.25) is 0 Å². The molecule has 26 heavy (non-hydrogen) atoms. The molecule has 7 heteroatoms. The fourth-order valence-electron chi connectivity index (χ4n) is 3.53. The van der Waals surface area contributed by atoms with E-state index < -0.39 is 4.92 Å². The normalized spacial score (nSPS) is 17.6. The minimum absolute atomic E-state index is 0.0337. The smallest absolute Gasteiger partial charge is 0.277 e. The van der Waals surface area contributed by atoms with Crippen molar-refractivity contribution in [3.63, 3.8) is 0 Å². The van der Waals surface area contributed by atoms with Crippen molar-refractivity contribution >= 4 is 23.1 Å². The Kier molecular flexibility index (Phi) is 5.35.